The van der Waals surface area contributed by atoms with Crippen LogP contribution in [-0.4, -0.2) is 34.3 Å². The molecule has 1 heterocycles. The maximum atomic E-state index is 13.3. The Bertz CT molecular complexity index is 1050. The minimum atomic E-state index is -4.56. The van der Waals surface area contributed by atoms with E-state index in [2.05, 4.69) is 10.4 Å². The van der Waals surface area contributed by atoms with E-state index in [1.165, 1.54) is 59.4 Å². The zero-order valence-electron chi connectivity index (χ0n) is 14.7. The third kappa shape index (κ3) is 5.18. The number of amides is 2. The van der Waals surface area contributed by atoms with Gasteiger partial charge in [-0.3, -0.25) is 9.59 Å². The fraction of sp³-hybridized carbons (Fsp3) is 0.105. The van der Waals surface area contributed by atoms with Crippen molar-refractivity contribution in [3.63, 3.8) is 0 Å². The van der Waals surface area contributed by atoms with E-state index in [0.717, 1.165) is 0 Å². The number of anilines is 1. The van der Waals surface area contributed by atoms with Crippen molar-refractivity contribution in [2.45, 2.75) is 6.18 Å². The standard InChI is InChI=1S/C19H14F4N4O2/c20-12-4-3-5-13(10-12)27-9-8-16(26-27)18(29)25-15-7-2-1-6-14(15)17(28)24-11-19(21,22)23/h1-10H,11H2,(H,24,28)(H,25,29). The molecule has 150 valence electrons. The van der Waals surface area contributed by atoms with E-state index in [1.807, 2.05) is 0 Å². The Balaban J connectivity index is 1.76. The molecule has 0 radical (unpaired) electrons. The highest BCUT2D eigenvalue weighted by atomic mass is 19.4. The number of benzene rings is 2. The Morgan fingerprint density at radius 3 is 2.48 bits per heavy atom. The summed E-state index contributed by atoms with van der Waals surface area (Å²) in [4.78, 5) is 24.5. The number of aromatic nitrogens is 2. The molecule has 0 aliphatic rings. The molecule has 0 aliphatic carbocycles. The predicted molar refractivity (Wildman–Crippen MR) is 96.3 cm³/mol. The summed E-state index contributed by atoms with van der Waals surface area (Å²) < 4.78 is 51.6. The van der Waals surface area contributed by atoms with Crippen molar-refractivity contribution in [1.82, 2.24) is 15.1 Å². The molecule has 0 saturated carbocycles. The molecule has 0 fully saturated rings. The lowest BCUT2D eigenvalue weighted by Crippen LogP contribution is -2.34. The Morgan fingerprint density at radius 2 is 1.76 bits per heavy atom. The molecule has 3 rings (SSSR count). The summed E-state index contributed by atoms with van der Waals surface area (Å²) in [5, 5.41) is 8.25. The van der Waals surface area contributed by atoms with Crippen LogP contribution >= 0.6 is 0 Å². The highest BCUT2D eigenvalue weighted by Gasteiger charge is 2.28. The minimum Gasteiger partial charge on any atom is -0.343 e. The molecule has 2 N–H and O–H groups in total. The van der Waals surface area contributed by atoms with Gasteiger partial charge in [-0.15, -0.1) is 0 Å². The highest BCUT2D eigenvalue weighted by Crippen LogP contribution is 2.18. The molecule has 0 unspecified atom stereocenters. The number of rotatable bonds is 5. The van der Waals surface area contributed by atoms with E-state index < -0.39 is 30.4 Å². The van der Waals surface area contributed by atoms with Gasteiger partial charge in [0.2, 0.25) is 0 Å². The normalized spacial score (nSPS) is 11.2. The molecule has 6 nitrogen and oxygen atoms in total. The summed E-state index contributed by atoms with van der Waals surface area (Å²) in [7, 11) is 0. The summed E-state index contributed by atoms with van der Waals surface area (Å²) in [6.07, 6.45) is -3.11. The third-order valence-corrected chi connectivity index (χ3v) is 3.76. The van der Waals surface area contributed by atoms with Crippen molar-refractivity contribution in [3.8, 4) is 5.69 Å². The lowest BCUT2D eigenvalue weighted by Gasteiger charge is -2.12. The second-order valence-corrected chi connectivity index (χ2v) is 5.92. The van der Waals surface area contributed by atoms with Crippen LogP contribution in [0, 0.1) is 5.82 Å². The first-order valence-electron chi connectivity index (χ1n) is 8.30. The summed E-state index contributed by atoms with van der Waals surface area (Å²) in [5.74, 6) is -2.14. The molecule has 2 aromatic carbocycles. The van der Waals surface area contributed by atoms with Gasteiger partial charge in [0.1, 0.15) is 12.4 Å². The van der Waals surface area contributed by atoms with Gasteiger partial charge in [0.05, 0.1) is 16.9 Å². The molecule has 29 heavy (non-hydrogen) atoms. The first kappa shape index (κ1) is 20.1. The summed E-state index contributed by atoms with van der Waals surface area (Å²) in [5.41, 5.74) is 0.267. The number of alkyl halides is 3. The summed E-state index contributed by atoms with van der Waals surface area (Å²) in [6.45, 7) is -1.49. The van der Waals surface area contributed by atoms with Gasteiger partial charge < -0.3 is 10.6 Å². The molecule has 0 saturated heterocycles. The number of para-hydroxylation sites is 1. The van der Waals surface area contributed by atoms with Crippen LogP contribution in [0.2, 0.25) is 0 Å². The molecule has 0 spiro atoms. The Hall–Kier alpha value is -3.69. The third-order valence-electron chi connectivity index (χ3n) is 3.76. The van der Waals surface area contributed by atoms with E-state index in [9.17, 15) is 27.2 Å². The van der Waals surface area contributed by atoms with Gasteiger partial charge in [-0.05, 0) is 36.4 Å². The van der Waals surface area contributed by atoms with Gasteiger partial charge in [-0.25, -0.2) is 9.07 Å². The molecule has 0 aliphatic heterocycles. The summed E-state index contributed by atoms with van der Waals surface area (Å²) in [6, 6.07) is 12.6. The lowest BCUT2D eigenvalue weighted by molar-refractivity contribution is -0.123. The molecule has 0 bridgehead atoms. The second kappa shape index (κ2) is 8.13. The van der Waals surface area contributed by atoms with Crippen molar-refractivity contribution >= 4 is 17.5 Å². The van der Waals surface area contributed by atoms with Gasteiger partial charge in [0, 0.05) is 6.20 Å². The average molecular weight is 406 g/mol. The second-order valence-electron chi connectivity index (χ2n) is 5.92. The van der Waals surface area contributed by atoms with Gasteiger partial charge in [0.15, 0.2) is 5.69 Å². The maximum Gasteiger partial charge on any atom is 0.405 e. The number of nitrogens with one attached hydrogen (secondary N) is 2. The Morgan fingerprint density at radius 1 is 1.00 bits per heavy atom. The smallest absolute Gasteiger partial charge is 0.343 e. The Labute approximate surface area is 162 Å². The topological polar surface area (TPSA) is 76.0 Å². The van der Waals surface area contributed by atoms with Crippen LogP contribution in [0.25, 0.3) is 5.69 Å². The quantitative estimate of drug-likeness (QED) is 0.637. The largest absolute Gasteiger partial charge is 0.405 e. The first-order chi connectivity index (χ1) is 13.7. The SMILES string of the molecule is O=C(Nc1ccccc1C(=O)NCC(F)(F)F)c1ccn(-c2cccc(F)c2)n1. The van der Waals surface area contributed by atoms with Crippen molar-refractivity contribution < 1.29 is 27.2 Å². The number of hydrogen-bond donors (Lipinski definition) is 2. The number of hydrogen-bond acceptors (Lipinski definition) is 3. The number of halogens is 4. The van der Waals surface area contributed by atoms with E-state index in [1.54, 1.807) is 11.4 Å². The van der Waals surface area contributed by atoms with Crippen LogP contribution in [0.5, 0.6) is 0 Å². The van der Waals surface area contributed by atoms with Gasteiger partial charge in [-0.2, -0.15) is 18.3 Å². The number of carbonyl (C=O) groups is 2. The van der Waals surface area contributed by atoms with Gasteiger partial charge >= 0.3 is 6.18 Å². The number of nitrogens with zero attached hydrogens (tertiary/aromatic N) is 2. The average Bonchev–Trinajstić information content (AvgIpc) is 3.16. The molecule has 0 atom stereocenters. The van der Waals surface area contributed by atoms with E-state index >= 15 is 0 Å². The molecule has 10 heteroatoms. The van der Waals surface area contributed by atoms with Crippen molar-refractivity contribution in [2.75, 3.05) is 11.9 Å². The molecular formula is C19H14F4N4O2. The lowest BCUT2D eigenvalue weighted by atomic mass is 10.1. The zero-order valence-corrected chi connectivity index (χ0v) is 14.7. The molecule has 3 aromatic rings. The van der Waals surface area contributed by atoms with Crippen molar-refractivity contribution in [3.05, 3.63) is 77.9 Å². The van der Waals surface area contributed by atoms with Crippen LogP contribution in [0.1, 0.15) is 20.8 Å². The van der Waals surface area contributed by atoms with Crippen molar-refractivity contribution in [1.29, 1.82) is 0 Å². The van der Waals surface area contributed by atoms with Crippen LogP contribution in [-0.2, 0) is 0 Å². The van der Waals surface area contributed by atoms with Crippen LogP contribution in [0.4, 0.5) is 23.2 Å². The van der Waals surface area contributed by atoms with E-state index in [0.29, 0.717) is 5.69 Å². The van der Waals surface area contributed by atoms with Crippen LogP contribution in [0.15, 0.2) is 60.8 Å². The van der Waals surface area contributed by atoms with E-state index in [-0.39, 0.29) is 16.9 Å². The summed E-state index contributed by atoms with van der Waals surface area (Å²) >= 11 is 0. The fourth-order valence-corrected chi connectivity index (χ4v) is 2.46. The van der Waals surface area contributed by atoms with E-state index in [4.69, 9.17) is 0 Å². The minimum absolute atomic E-state index is 0.0254. The predicted octanol–water partition coefficient (Wildman–Crippen LogP) is 3.56. The molecule has 1 aromatic heterocycles. The number of carbonyl (C=O) groups excluding carboxylic acids is 2. The monoisotopic (exact) mass is 406 g/mol. The molecular weight excluding hydrogens is 392 g/mol. The fourth-order valence-electron chi connectivity index (χ4n) is 2.46. The van der Waals surface area contributed by atoms with Crippen molar-refractivity contribution in [2.24, 2.45) is 0 Å². The maximum absolute atomic E-state index is 13.3. The highest BCUT2D eigenvalue weighted by molar-refractivity contribution is 6.08. The van der Waals surface area contributed by atoms with Gasteiger partial charge in [0.25, 0.3) is 11.8 Å². The Kier molecular flexibility index (Phi) is 5.62. The first-order valence-corrected chi connectivity index (χ1v) is 8.30. The van der Waals surface area contributed by atoms with Crippen LogP contribution < -0.4 is 10.6 Å². The van der Waals surface area contributed by atoms with Gasteiger partial charge in [-0.1, -0.05) is 18.2 Å². The van der Waals surface area contributed by atoms with Crippen LogP contribution in [0.3, 0.4) is 0 Å². The zero-order chi connectivity index (χ0) is 21.0. The molecule has 2 amide bonds.